The van der Waals surface area contributed by atoms with Gasteiger partial charge in [0.2, 0.25) is 0 Å². The summed E-state index contributed by atoms with van der Waals surface area (Å²) in [6, 6.07) is 0. The van der Waals surface area contributed by atoms with Crippen molar-refractivity contribution >= 4 is 19.8 Å². The molecule has 0 saturated heterocycles. The normalized spacial score (nSPS) is 13.9. The molecular formula is C62H106NO8P. The summed E-state index contributed by atoms with van der Waals surface area (Å²) in [5.41, 5.74) is 5.37. The van der Waals surface area contributed by atoms with Gasteiger partial charge < -0.3 is 20.1 Å². The number of unbranched alkanes of at least 4 members (excludes halogenated alkanes) is 22. The fraction of sp³-hybridized carbons (Fsp3) is 0.677. The van der Waals surface area contributed by atoms with E-state index in [1.165, 1.54) is 96.3 Å². The first-order chi connectivity index (χ1) is 35.3. The van der Waals surface area contributed by atoms with Crippen molar-refractivity contribution in [3.63, 3.8) is 0 Å². The molecule has 2 atom stereocenters. The highest BCUT2D eigenvalue weighted by Crippen LogP contribution is 2.43. The summed E-state index contributed by atoms with van der Waals surface area (Å²) < 4.78 is 32.9. The van der Waals surface area contributed by atoms with E-state index in [9.17, 15) is 19.0 Å². The quantitative estimate of drug-likeness (QED) is 0.0264. The Morgan fingerprint density at radius 2 is 0.764 bits per heavy atom. The molecule has 0 amide bonds. The fourth-order valence-corrected chi connectivity index (χ4v) is 8.41. The van der Waals surface area contributed by atoms with E-state index in [-0.39, 0.29) is 32.6 Å². The molecule has 0 saturated carbocycles. The number of carbonyl (C=O) groups excluding carboxylic acids is 2. The first-order valence-electron chi connectivity index (χ1n) is 28.9. The molecule has 0 spiro atoms. The summed E-state index contributed by atoms with van der Waals surface area (Å²) in [4.78, 5) is 35.0. The van der Waals surface area contributed by atoms with Crippen molar-refractivity contribution in [2.24, 2.45) is 5.73 Å². The van der Waals surface area contributed by atoms with E-state index >= 15 is 0 Å². The lowest BCUT2D eigenvalue weighted by Crippen LogP contribution is -2.29. The zero-order valence-electron chi connectivity index (χ0n) is 45.9. The van der Waals surface area contributed by atoms with Crippen LogP contribution in [0.4, 0.5) is 0 Å². The molecule has 2 unspecified atom stereocenters. The molecule has 0 bridgehead atoms. The molecule has 0 aromatic carbocycles. The molecular weight excluding hydrogens is 918 g/mol. The van der Waals surface area contributed by atoms with Crippen LogP contribution in [-0.4, -0.2) is 49.3 Å². The number of rotatable bonds is 53. The molecule has 72 heavy (non-hydrogen) atoms. The summed E-state index contributed by atoms with van der Waals surface area (Å²) in [6.45, 7) is 3.58. The summed E-state index contributed by atoms with van der Waals surface area (Å²) in [7, 11) is -4.39. The smallest absolute Gasteiger partial charge is 0.462 e. The Labute approximate surface area is 441 Å². The highest BCUT2D eigenvalue weighted by atomic mass is 31.2. The number of esters is 2. The lowest BCUT2D eigenvalue weighted by molar-refractivity contribution is -0.161. The van der Waals surface area contributed by atoms with Crippen molar-refractivity contribution in [2.45, 2.75) is 245 Å². The van der Waals surface area contributed by atoms with Crippen LogP contribution in [0, 0.1) is 0 Å². The van der Waals surface area contributed by atoms with Gasteiger partial charge in [-0.2, -0.15) is 0 Å². The van der Waals surface area contributed by atoms with E-state index in [0.29, 0.717) is 6.42 Å². The average molecular weight is 1020 g/mol. The minimum Gasteiger partial charge on any atom is -0.462 e. The maximum Gasteiger partial charge on any atom is 0.472 e. The molecule has 0 heterocycles. The second-order valence-corrected chi connectivity index (χ2v) is 20.2. The van der Waals surface area contributed by atoms with Crippen LogP contribution in [0.15, 0.2) is 109 Å². The Balaban J connectivity index is 3.88. The van der Waals surface area contributed by atoms with E-state index in [1.54, 1.807) is 0 Å². The van der Waals surface area contributed by atoms with E-state index < -0.39 is 32.5 Å². The molecule has 0 radical (unpaired) electrons. The molecule has 0 aliphatic rings. The van der Waals surface area contributed by atoms with Crippen molar-refractivity contribution in [3.05, 3.63) is 109 Å². The van der Waals surface area contributed by atoms with Gasteiger partial charge in [0.15, 0.2) is 6.10 Å². The van der Waals surface area contributed by atoms with E-state index in [1.807, 2.05) is 0 Å². The van der Waals surface area contributed by atoms with Gasteiger partial charge in [-0.15, -0.1) is 0 Å². The van der Waals surface area contributed by atoms with Crippen LogP contribution in [0.5, 0.6) is 0 Å². The van der Waals surface area contributed by atoms with Gasteiger partial charge in [-0.3, -0.25) is 18.6 Å². The first kappa shape index (κ1) is 68.7. The Bertz CT molecular complexity index is 1540. The number of carbonyl (C=O) groups is 2. The number of allylic oxidation sites excluding steroid dienone is 18. The predicted molar refractivity (Wildman–Crippen MR) is 307 cm³/mol. The lowest BCUT2D eigenvalue weighted by atomic mass is 10.0. The Morgan fingerprint density at radius 3 is 1.15 bits per heavy atom. The van der Waals surface area contributed by atoms with Crippen molar-refractivity contribution in [1.82, 2.24) is 0 Å². The van der Waals surface area contributed by atoms with Crippen LogP contribution in [0.1, 0.15) is 239 Å². The van der Waals surface area contributed by atoms with Crippen LogP contribution in [0.2, 0.25) is 0 Å². The molecule has 0 aromatic heterocycles. The second-order valence-electron chi connectivity index (χ2n) is 18.8. The summed E-state index contributed by atoms with van der Waals surface area (Å²) >= 11 is 0. The number of ether oxygens (including phenoxy) is 2. The maximum atomic E-state index is 12.7. The summed E-state index contributed by atoms with van der Waals surface area (Å²) in [5, 5.41) is 0. The monoisotopic (exact) mass is 1020 g/mol. The predicted octanol–water partition coefficient (Wildman–Crippen LogP) is 18.2. The third-order valence-electron chi connectivity index (χ3n) is 11.9. The van der Waals surface area contributed by atoms with Crippen molar-refractivity contribution in [3.8, 4) is 0 Å². The Kier molecular flexibility index (Phi) is 54.3. The number of phosphoric acid groups is 1. The largest absolute Gasteiger partial charge is 0.472 e. The number of nitrogens with two attached hydrogens (primary N) is 1. The molecule has 9 nitrogen and oxygen atoms in total. The first-order valence-corrected chi connectivity index (χ1v) is 30.4. The minimum atomic E-state index is -4.39. The molecule has 10 heteroatoms. The Morgan fingerprint density at radius 1 is 0.431 bits per heavy atom. The van der Waals surface area contributed by atoms with Crippen LogP contribution in [0.3, 0.4) is 0 Å². The SMILES string of the molecule is CC/C=C\C/C=C\C/C=C\C/C=C\C/C=C\C/C=C\C/C=C\C/C=C\CCCCCCCCCCCCCCCCC(=O)OC(COC(=O)CCCCCCC/C=C\CCCCC)COP(=O)(O)OCCN. The Hall–Kier alpha value is -3.33. The van der Waals surface area contributed by atoms with Gasteiger partial charge in [0.1, 0.15) is 6.61 Å². The van der Waals surface area contributed by atoms with Crippen molar-refractivity contribution < 1.29 is 37.6 Å². The van der Waals surface area contributed by atoms with Crippen molar-refractivity contribution in [2.75, 3.05) is 26.4 Å². The highest BCUT2D eigenvalue weighted by molar-refractivity contribution is 7.47. The summed E-state index contributed by atoms with van der Waals surface area (Å²) in [5.74, 6) is -0.841. The summed E-state index contributed by atoms with van der Waals surface area (Å²) in [6.07, 6.45) is 77.3. The van der Waals surface area contributed by atoms with Crippen LogP contribution in [0.25, 0.3) is 0 Å². The van der Waals surface area contributed by atoms with Crippen LogP contribution >= 0.6 is 7.82 Å². The fourth-order valence-electron chi connectivity index (χ4n) is 7.65. The van der Waals surface area contributed by atoms with Crippen LogP contribution in [-0.2, 0) is 32.7 Å². The number of hydrogen-bond acceptors (Lipinski definition) is 8. The molecule has 0 aliphatic heterocycles. The second kappa shape index (κ2) is 57.0. The van der Waals surface area contributed by atoms with Crippen molar-refractivity contribution in [1.29, 1.82) is 0 Å². The third kappa shape index (κ3) is 56.0. The maximum absolute atomic E-state index is 12.7. The van der Waals surface area contributed by atoms with Gasteiger partial charge in [0.05, 0.1) is 13.2 Å². The highest BCUT2D eigenvalue weighted by Gasteiger charge is 2.26. The molecule has 412 valence electrons. The zero-order valence-corrected chi connectivity index (χ0v) is 46.8. The molecule has 0 rings (SSSR count). The standard InChI is InChI=1S/C62H106NO8P/c1-3-5-7-9-11-13-15-17-18-19-20-21-22-23-24-25-26-27-28-29-30-31-32-33-34-35-36-37-38-39-40-41-42-43-45-47-49-51-53-55-62(65)71-60(59-70-72(66,67)69-57-56-63)58-68-61(64)54-52-50-48-46-44-16-14-12-10-8-6-4-2/h5,7,11-14,17-18,20-21,23-24,26-27,29-30,32-33,60H,3-4,6,8-10,15-16,19,22,25,28,31,34-59,63H2,1-2H3,(H,66,67)/b7-5-,13-11-,14-12-,18-17-,21-20-,24-23-,27-26-,30-29-,33-32-. The van der Waals surface area contributed by atoms with Gasteiger partial charge in [-0.1, -0.05) is 232 Å². The van der Waals surface area contributed by atoms with E-state index in [0.717, 1.165) is 109 Å². The average Bonchev–Trinajstić information content (AvgIpc) is 3.37. The van der Waals surface area contributed by atoms with Gasteiger partial charge in [0, 0.05) is 19.4 Å². The lowest BCUT2D eigenvalue weighted by Gasteiger charge is -2.19. The van der Waals surface area contributed by atoms with Gasteiger partial charge in [-0.05, 0) is 103 Å². The van der Waals surface area contributed by atoms with Gasteiger partial charge in [0.25, 0.3) is 0 Å². The molecule has 0 fully saturated rings. The van der Waals surface area contributed by atoms with Gasteiger partial charge in [-0.25, -0.2) is 4.57 Å². The zero-order chi connectivity index (χ0) is 52.4. The number of phosphoric ester groups is 1. The van der Waals surface area contributed by atoms with E-state index in [2.05, 4.69) is 123 Å². The minimum absolute atomic E-state index is 0.0489. The third-order valence-corrected chi connectivity index (χ3v) is 12.9. The molecule has 3 N–H and O–H groups in total. The topological polar surface area (TPSA) is 134 Å². The van der Waals surface area contributed by atoms with Crippen LogP contribution < -0.4 is 5.73 Å². The van der Waals surface area contributed by atoms with Gasteiger partial charge >= 0.3 is 19.8 Å². The van der Waals surface area contributed by atoms with E-state index in [4.69, 9.17) is 24.3 Å². The molecule has 0 aliphatic carbocycles. The molecule has 0 aromatic rings. The number of hydrogen-bond donors (Lipinski definition) is 2.